The highest BCUT2D eigenvalue weighted by Crippen LogP contribution is 2.24. The van der Waals surface area contributed by atoms with E-state index < -0.39 is 0 Å². The van der Waals surface area contributed by atoms with E-state index in [-0.39, 0.29) is 23.6 Å². The third-order valence-corrected chi connectivity index (χ3v) is 5.41. The number of amides is 1. The Labute approximate surface area is 168 Å². The van der Waals surface area contributed by atoms with Crippen molar-refractivity contribution in [2.24, 2.45) is 5.92 Å². The van der Waals surface area contributed by atoms with Crippen LogP contribution in [0.5, 0.6) is 0 Å². The van der Waals surface area contributed by atoms with Crippen molar-refractivity contribution in [3.05, 3.63) is 53.8 Å². The fraction of sp³-hybridized carbons (Fsp3) is 0.350. The molecule has 2 aromatic heterocycles. The van der Waals surface area contributed by atoms with E-state index in [1.54, 1.807) is 18.4 Å². The Morgan fingerprint density at radius 3 is 2.61 bits per heavy atom. The molecule has 8 heteroatoms. The van der Waals surface area contributed by atoms with Crippen LogP contribution in [0.4, 0.5) is 0 Å². The second kappa shape index (κ2) is 8.97. The molecule has 0 aliphatic carbocycles. The molecule has 0 aliphatic heterocycles. The summed E-state index contributed by atoms with van der Waals surface area (Å²) in [5, 5.41) is 11.6. The van der Waals surface area contributed by atoms with Gasteiger partial charge in [0.05, 0.1) is 18.1 Å². The van der Waals surface area contributed by atoms with Gasteiger partial charge in [-0.3, -0.25) is 4.79 Å². The van der Waals surface area contributed by atoms with E-state index in [1.807, 2.05) is 0 Å². The maximum Gasteiger partial charge on any atom is 0.230 e. The fourth-order valence-corrected chi connectivity index (χ4v) is 3.56. The molecular formula is C20H25N5O2S. The number of furan rings is 1. The van der Waals surface area contributed by atoms with Gasteiger partial charge in [-0.2, -0.15) is 0 Å². The predicted octanol–water partition coefficient (Wildman–Crippen LogP) is 3.42. The summed E-state index contributed by atoms with van der Waals surface area (Å²) in [6.07, 6.45) is 2.54. The zero-order valence-electron chi connectivity index (χ0n) is 16.3. The van der Waals surface area contributed by atoms with Crippen LogP contribution in [-0.4, -0.2) is 26.5 Å². The van der Waals surface area contributed by atoms with Crippen molar-refractivity contribution in [3.8, 4) is 11.6 Å². The smallest absolute Gasteiger partial charge is 0.230 e. The van der Waals surface area contributed by atoms with Gasteiger partial charge in [-0.25, -0.2) is 4.68 Å². The summed E-state index contributed by atoms with van der Waals surface area (Å²) in [6, 6.07) is 11.9. The summed E-state index contributed by atoms with van der Waals surface area (Å²) >= 11 is 1.24. The molecule has 7 nitrogen and oxygen atoms in total. The third kappa shape index (κ3) is 4.56. The predicted molar refractivity (Wildman–Crippen MR) is 110 cm³/mol. The molecule has 0 spiro atoms. The Hall–Kier alpha value is -2.74. The highest BCUT2D eigenvalue weighted by Gasteiger charge is 2.20. The van der Waals surface area contributed by atoms with Crippen molar-refractivity contribution in [1.82, 2.24) is 20.2 Å². The SMILES string of the molecule is CCc1ccc([C@@H](NC(=O)CSc2nnc(-c3ccco3)n2N)C(C)C)cc1. The molecule has 0 saturated carbocycles. The average molecular weight is 400 g/mol. The van der Waals surface area contributed by atoms with E-state index >= 15 is 0 Å². The number of aryl methyl sites for hydroxylation is 1. The first kappa shape index (κ1) is 20.0. The van der Waals surface area contributed by atoms with E-state index in [9.17, 15) is 4.79 Å². The summed E-state index contributed by atoms with van der Waals surface area (Å²) in [5.74, 6) is 7.37. The molecule has 1 amide bonds. The number of carbonyl (C=O) groups excluding carboxylic acids is 1. The van der Waals surface area contributed by atoms with E-state index in [0.717, 1.165) is 12.0 Å². The van der Waals surface area contributed by atoms with Crippen LogP contribution in [0.15, 0.2) is 52.2 Å². The van der Waals surface area contributed by atoms with E-state index in [4.69, 9.17) is 10.3 Å². The van der Waals surface area contributed by atoms with E-state index in [1.165, 1.54) is 22.0 Å². The zero-order valence-corrected chi connectivity index (χ0v) is 17.1. The number of aromatic nitrogens is 3. The molecule has 0 aliphatic rings. The number of hydrogen-bond acceptors (Lipinski definition) is 6. The van der Waals surface area contributed by atoms with Gasteiger partial charge < -0.3 is 15.6 Å². The lowest BCUT2D eigenvalue weighted by Gasteiger charge is -2.23. The van der Waals surface area contributed by atoms with Crippen molar-refractivity contribution in [3.63, 3.8) is 0 Å². The fourth-order valence-electron chi connectivity index (χ4n) is 2.89. The Bertz CT molecular complexity index is 903. The first-order chi connectivity index (χ1) is 13.5. The largest absolute Gasteiger partial charge is 0.461 e. The minimum absolute atomic E-state index is 0.0477. The highest BCUT2D eigenvalue weighted by molar-refractivity contribution is 7.99. The molecule has 28 heavy (non-hydrogen) atoms. The third-order valence-electron chi connectivity index (χ3n) is 4.47. The average Bonchev–Trinajstić information content (AvgIpc) is 3.34. The molecule has 0 saturated heterocycles. The van der Waals surface area contributed by atoms with Crippen LogP contribution in [0.25, 0.3) is 11.6 Å². The standard InChI is InChI=1S/C20H25N5O2S/c1-4-14-7-9-15(10-8-14)18(13(2)3)22-17(26)12-28-20-24-23-19(25(20)21)16-6-5-11-27-16/h5-11,13,18H,4,12,21H2,1-3H3,(H,22,26)/t18-/m0/s1. The number of nitrogens with two attached hydrogens (primary N) is 1. The Morgan fingerprint density at radius 1 is 1.25 bits per heavy atom. The lowest BCUT2D eigenvalue weighted by molar-refractivity contribution is -0.119. The molecule has 1 atom stereocenters. The summed E-state index contributed by atoms with van der Waals surface area (Å²) in [7, 11) is 0. The van der Waals surface area contributed by atoms with Gasteiger partial charge in [0.15, 0.2) is 5.76 Å². The van der Waals surface area contributed by atoms with Crippen LogP contribution in [0.3, 0.4) is 0 Å². The van der Waals surface area contributed by atoms with Gasteiger partial charge >= 0.3 is 0 Å². The van der Waals surface area contributed by atoms with Gasteiger partial charge in [0.2, 0.25) is 16.9 Å². The summed E-state index contributed by atoms with van der Waals surface area (Å²) in [5.41, 5.74) is 2.38. The van der Waals surface area contributed by atoms with Gasteiger partial charge in [0, 0.05) is 0 Å². The molecule has 3 aromatic rings. The molecular weight excluding hydrogens is 374 g/mol. The number of hydrogen-bond donors (Lipinski definition) is 2. The number of thioether (sulfide) groups is 1. The van der Waals surface area contributed by atoms with Gasteiger partial charge in [-0.05, 0) is 35.6 Å². The second-order valence-electron chi connectivity index (χ2n) is 6.83. The number of rotatable bonds is 8. The first-order valence-electron chi connectivity index (χ1n) is 9.25. The monoisotopic (exact) mass is 399 g/mol. The number of nitrogen functional groups attached to an aromatic ring is 1. The molecule has 1 aromatic carbocycles. The minimum atomic E-state index is -0.0779. The van der Waals surface area contributed by atoms with Gasteiger partial charge in [0.25, 0.3) is 0 Å². The molecule has 3 N–H and O–H groups in total. The highest BCUT2D eigenvalue weighted by atomic mass is 32.2. The van der Waals surface area contributed by atoms with Crippen LogP contribution >= 0.6 is 11.8 Å². The molecule has 0 radical (unpaired) electrons. The van der Waals surface area contributed by atoms with E-state index in [2.05, 4.69) is 60.6 Å². The first-order valence-corrected chi connectivity index (χ1v) is 10.2. The number of carbonyl (C=O) groups is 1. The van der Waals surface area contributed by atoms with E-state index in [0.29, 0.717) is 16.7 Å². The lowest BCUT2D eigenvalue weighted by atomic mass is 9.95. The molecule has 2 heterocycles. The van der Waals surface area contributed by atoms with Gasteiger partial charge in [0.1, 0.15) is 0 Å². The van der Waals surface area contributed by atoms with Gasteiger partial charge in [-0.1, -0.05) is 56.8 Å². The normalized spacial score (nSPS) is 12.3. The molecule has 148 valence electrons. The molecule has 0 bridgehead atoms. The Kier molecular flexibility index (Phi) is 6.41. The van der Waals surface area contributed by atoms with Crippen LogP contribution in [-0.2, 0) is 11.2 Å². The van der Waals surface area contributed by atoms with Crippen molar-refractivity contribution in [1.29, 1.82) is 0 Å². The van der Waals surface area contributed by atoms with Crippen LogP contribution in [0.1, 0.15) is 37.9 Å². The molecule has 0 unspecified atom stereocenters. The van der Waals surface area contributed by atoms with Crippen molar-refractivity contribution < 1.29 is 9.21 Å². The van der Waals surface area contributed by atoms with Crippen LogP contribution in [0.2, 0.25) is 0 Å². The number of nitrogens with one attached hydrogen (secondary N) is 1. The quantitative estimate of drug-likeness (QED) is 0.445. The summed E-state index contributed by atoms with van der Waals surface area (Å²) in [6.45, 7) is 6.32. The number of nitrogens with zero attached hydrogens (tertiary/aromatic N) is 3. The minimum Gasteiger partial charge on any atom is -0.461 e. The maximum atomic E-state index is 12.5. The van der Waals surface area contributed by atoms with Crippen molar-refractivity contribution >= 4 is 17.7 Å². The Morgan fingerprint density at radius 2 is 2.00 bits per heavy atom. The summed E-state index contributed by atoms with van der Waals surface area (Å²) < 4.78 is 6.63. The van der Waals surface area contributed by atoms with Crippen molar-refractivity contribution in [2.45, 2.75) is 38.4 Å². The maximum absolute atomic E-state index is 12.5. The second-order valence-corrected chi connectivity index (χ2v) is 7.77. The molecule has 3 rings (SSSR count). The van der Waals surface area contributed by atoms with Crippen molar-refractivity contribution in [2.75, 3.05) is 11.6 Å². The molecule has 0 fully saturated rings. The Balaban J connectivity index is 1.62. The number of benzene rings is 1. The van der Waals surface area contributed by atoms with Crippen LogP contribution < -0.4 is 11.2 Å². The van der Waals surface area contributed by atoms with Gasteiger partial charge in [-0.15, -0.1) is 10.2 Å². The topological polar surface area (TPSA) is 99.0 Å². The summed E-state index contributed by atoms with van der Waals surface area (Å²) in [4.78, 5) is 12.5. The zero-order chi connectivity index (χ0) is 20.1. The lowest BCUT2D eigenvalue weighted by Crippen LogP contribution is -2.33. The van der Waals surface area contributed by atoms with Crippen LogP contribution in [0, 0.1) is 5.92 Å².